The summed E-state index contributed by atoms with van der Waals surface area (Å²) in [7, 11) is 0. The van der Waals surface area contributed by atoms with E-state index in [9.17, 15) is 5.26 Å². The molecule has 1 aliphatic rings. The second-order valence-electron chi connectivity index (χ2n) is 7.39. The second-order valence-corrected chi connectivity index (χ2v) is 8.66. The number of unbranched alkanes of at least 4 members (excludes halogenated alkanes) is 2. The van der Waals surface area contributed by atoms with Gasteiger partial charge in [0.2, 0.25) is 0 Å². The van der Waals surface area contributed by atoms with Crippen LogP contribution in [0.25, 0.3) is 6.08 Å². The summed E-state index contributed by atoms with van der Waals surface area (Å²) in [4.78, 5) is 3.48. The first-order chi connectivity index (χ1) is 14.2. The van der Waals surface area contributed by atoms with Crippen molar-refractivity contribution in [2.75, 3.05) is 13.2 Å². The SMILES string of the molecule is CCOC1c2ccccc2C=CN1CCCCCC(C#N)Sc1ccc(C)cc1. The van der Waals surface area contributed by atoms with Gasteiger partial charge in [-0.3, -0.25) is 0 Å². The monoisotopic (exact) mass is 406 g/mol. The molecule has 1 aliphatic heterocycles. The van der Waals surface area contributed by atoms with Crippen LogP contribution < -0.4 is 0 Å². The second kappa shape index (κ2) is 11.1. The number of aryl methyl sites for hydroxylation is 1. The summed E-state index contributed by atoms with van der Waals surface area (Å²) in [6, 6.07) is 19.3. The highest BCUT2D eigenvalue weighted by Gasteiger charge is 2.23. The van der Waals surface area contributed by atoms with Gasteiger partial charge in [0, 0.05) is 29.8 Å². The number of hydrogen-bond donors (Lipinski definition) is 0. The summed E-state index contributed by atoms with van der Waals surface area (Å²) in [5.41, 5.74) is 3.74. The Bertz CT molecular complexity index is 841. The van der Waals surface area contributed by atoms with Crippen molar-refractivity contribution in [2.45, 2.75) is 55.9 Å². The van der Waals surface area contributed by atoms with Gasteiger partial charge in [-0.25, -0.2) is 0 Å². The lowest BCUT2D eigenvalue weighted by Gasteiger charge is -2.34. The van der Waals surface area contributed by atoms with Crippen LogP contribution in [0.5, 0.6) is 0 Å². The molecule has 0 spiro atoms. The van der Waals surface area contributed by atoms with Gasteiger partial charge in [0.15, 0.2) is 6.23 Å². The summed E-state index contributed by atoms with van der Waals surface area (Å²) < 4.78 is 6.04. The van der Waals surface area contributed by atoms with Crippen molar-refractivity contribution in [3.05, 3.63) is 71.4 Å². The van der Waals surface area contributed by atoms with Crippen LogP contribution in [0.3, 0.4) is 0 Å². The van der Waals surface area contributed by atoms with E-state index in [1.807, 2.05) is 6.92 Å². The first kappa shape index (κ1) is 21.5. The van der Waals surface area contributed by atoms with Crippen molar-refractivity contribution in [3.63, 3.8) is 0 Å². The maximum atomic E-state index is 9.48. The number of nitriles is 1. The molecule has 0 saturated heterocycles. The van der Waals surface area contributed by atoms with E-state index in [-0.39, 0.29) is 11.5 Å². The van der Waals surface area contributed by atoms with E-state index in [1.54, 1.807) is 11.8 Å². The number of thioether (sulfide) groups is 1. The van der Waals surface area contributed by atoms with E-state index in [2.05, 4.69) is 78.7 Å². The third-order valence-electron chi connectivity index (χ3n) is 5.16. The highest BCUT2D eigenvalue weighted by molar-refractivity contribution is 8.00. The van der Waals surface area contributed by atoms with Crippen molar-refractivity contribution in [1.29, 1.82) is 5.26 Å². The first-order valence-corrected chi connectivity index (χ1v) is 11.4. The number of ether oxygens (including phenoxy) is 1. The molecule has 2 aromatic carbocycles. The van der Waals surface area contributed by atoms with Gasteiger partial charge in [0.25, 0.3) is 0 Å². The van der Waals surface area contributed by atoms with E-state index in [0.29, 0.717) is 6.61 Å². The molecule has 0 radical (unpaired) electrons. The molecule has 2 aromatic rings. The minimum atomic E-state index is 0.00477. The zero-order valence-electron chi connectivity index (χ0n) is 17.4. The average molecular weight is 407 g/mol. The van der Waals surface area contributed by atoms with Gasteiger partial charge in [-0.05, 0) is 50.5 Å². The highest BCUT2D eigenvalue weighted by Crippen LogP contribution is 2.31. The molecule has 1 heterocycles. The molecule has 2 atom stereocenters. The van der Waals surface area contributed by atoms with E-state index in [1.165, 1.54) is 21.6 Å². The van der Waals surface area contributed by atoms with Gasteiger partial charge in [0.1, 0.15) is 0 Å². The van der Waals surface area contributed by atoms with Crippen molar-refractivity contribution >= 4 is 17.8 Å². The quantitative estimate of drug-likeness (QED) is 0.331. The van der Waals surface area contributed by atoms with Crippen LogP contribution in [-0.2, 0) is 4.74 Å². The average Bonchev–Trinajstić information content (AvgIpc) is 2.75. The van der Waals surface area contributed by atoms with Crippen LogP contribution in [0.2, 0.25) is 0 Å². The Labute approximate surface area is 179 Å². The number of rotatable bonds is 10. The standard InChI is InChI=1S/C25H30N2OS/c1-3-28-25-24-11-7-6-9-21(24)16-18-27(25)17-8-4-5-10-23(19-26)29-22-14-12-20(2)13-15-22/h6-7,9,11-16,18,23,25H,3-5,8,10,17H2,1-2H3. The molecule has 2 unspecified atom stereocenters. The molecule has 29 heavy (non-hydrogen) atoms. The Morgan fingerprint density at radius 3 is 2.66 bits per heavy atom. The Hall–Kier alpha value is -2.22. The molecular weight excluding hydrogens is 376 g/mol. The molecule has 0 aliphatic carbocycles. The number of fused-ring (bicyclic) bond motifs is 1. The first-order valence-electron chi connectivity index (χ1n) is 10.5. The van der Waals surface area contributed by atoms with Gasteiger partial charge in [-0.15, -0.1) is 11.8 Å². The largest absolute Gasteiger partial charge is 0.354 e. The van der Waals surface area contributed by atoms with Crippen LogP contribution in [0.1, 0.15) is 55.5 Å². The number of hydrogen-bond acceptors (Lipinski definition) is 4. The summed E-state index contributed by atoms with van der Waals surface area (Å²) >= 11 is 1.68. The fraction of sp³-hybridized carbons (Fsp3) is 0.400. The normalized spacial score (nSPS) is 16.3. The molecule has 3 nitrogen and oxygen atoms in total. The lowest BCUT2D eigenvalue weighted by Crippen LogP contribution is -2.29. The molecule has 4 heteroatoms. The Morgan fingerprint density at radius 1 is 1.10 bits per heavy atom. The van der Waals surface area contributed by atoms with Gasteiger partial charge >= 0.3 is 0 Å². The molecule has 0 bridgehead atoms. The van der Waals surface area contributed by atoms with E-state index < -0.39 is 0 Å². The van der Waals surface area contributed by atoms with Gasteiger partial charge in [-0.1, -0.05) is 54.8 Å². The van der Waals surface area contributed by atoms with Gasteiger partial charge in [-0.2, -0.15) is 5.26 Å². The zero-order valence-corrected chi connectivity index (χ0v) is 18.2. The van der Waals surface area contributed by atoms with Crippen LogP contribution >= 0.6 is 11.8 Å². The van der Waals surface area contributed by atoms with E-state index in [0.717, 1.165) is 32.2 Å². The van der Waals surface area contributed by atoms with Gasteiger partial charge in [0.05, 0.1) is 11.3 Å². The van der Waals surface area contributed by atoms with Crippen molar-refractivity contribution in [3.8, 4) is 6.07 Å². The van der Waals surface area contributed by atoms with E-state index >= 15 is 0 Å². The Balaban J connectivity index is 1.43. The van der Waals surface area contributed by atoms with Crippen molar-refractivity contribution in [2.24, 2.45) is 0 Å². The molecule has 152 valence electrons. The molecule has 0 amide bonds. The van der Waals surface area contributed by atoms with Crippen molar-refractivity contribution < 1.29 is 4.74 Å². The van der Waals surface area contributed by atoms with E-state index in [4.69, 9.17) is 4.74 Å². The van der Waals surface area contributed by atoms with Gasteiger partial charge < -0.3 is 9.64 Å². The Kier molecular flexibility index (Phi) is 8.22. The third-order valence-corrected chi connectivity index (χ3v) is 6.33. The zero-order chi connectivity index (χ0) is 20.5. The molecule has 3 rings (SSSR count). The molecule has 0 N–H and O–H groups in total. The smallest absolute Gasteiger partial charge is 0.156 e. The lowest BCUT2D eigenvalue weighted by molar-refractivity contribution is -0.0354. The maximum absolute atomic E-state index is 9.48. The Morgan fingerprint density at radius 2 is 1.90 bits per heavy atom. The minimum Gasteiger partial charge on any atom is -0.354 e. The fourth-order valence-electron chi connectivity index (χ4n) is 3.59. The highest BCUT2D eigenvalue weighted by atomic mass is 32.2. The molecule has 0 aromatic heterocycles. The van der Waals surface area contributed by atoms with Crippen LogP contribution in [0.4, 0.5) is 0 Å². The van der Waals surface area contributed by atoms with Crippen LogP contribution in [0, 0.1) is 18.3 Å². The molecule has 0 fully saturated rings. The third kappa shape index (κ3) is 6.13. The molecule has 0 saturated carbocycles. The summed E-state index contributed by atoms with van der Waals surface area (Å²) in [5, 5.41) is 9.51. The summed E-state index contributed by atoms with van der Waals surface area (Å²) in [6.07, 6.45) is 8.57. The fourth-order valence-corrected chi connectivity index (χ4v) is 4.55. The number of benzene rings is 2. The predicted octanol–water partition coefficient (Wildman–Crippen LogP) is 6.56. The summed E-state index contributed by atoms with van der Waals surface area (Å²) in [6.45, 7) is 5.80. The molecular formula is C25H30N2OS. The topological polar surface area (TPSA) is 36.3 Å². The van der Waals surface area contributed by atoms with Crippen molar-refractivity contribution in [1.82, 2.24) is 4.90 Å². The minimum absolute atomic E-state index is 0.00477. The van der Waals surface area contributed by atoms with Crippen LogP contribution in [0.15, 0.2) is 59.6 Å². The maximum Gasteiger partial charge on any atom is 0.156 e. The van der Waals surface area contributed by atoms with Crippen LogP contribution in [-0.4, -0.2) is 23.3 Å². The lowest BCUT2D eigenvalue weighted by atomic mass is 10.0. The summed E-state index contributed by atoms with van der Waals surface area (Å²) in [5.74, 6) is 0. The number of nitrogens with zero attached hydrogens (tertiary/aromatic N) is 2. The predicted molar refractivity (Wildman–Crippen MR) is 121 cm³/mol.